The van der Waals surface area contributed by atoms with Crippen molar-refractivity contribution in [3.8, 4) is 22.1 Å². The van der Waals surface area contributed by atoms with E-state index >= 15 is 0 Å². The van der Waals surface area contributed by atoms with Crippen molar-refractivity contribution < 1.29 is 10.2 Å². The highest BCUT2D eigenvalue weighted by molar-refractivity contribution is 7.13. The highest BCUT2D eigenvalue weighted by Gasteiger charge is 2.09. The molecule has 0 aliphatic heterocycles. The number of benzene rings is 1. The monoisotopic (exact) mass is 236 g/mol. The molecule has 1 aromatic heterocycles. The Kier molecular flexibility index (Phi) is 2.80. The molecule has 16 heavy (non-hydrogen) atoms. The first-order chi connectivity index (χ1) is 7.58. The molecule has 84 valence electrons. The van der Waals surface area contributed by atoms with Crippen molar-refractivity contribution in [1.29, 1.82) is 0 Å². The lowest BCUT2D eigenvalue weighted by Crippen LogP contribution is -2.04. The van der Waals surface area contributed by atoms with Crippen molar-refractivity contribution in [2.75, 3.05) is 0 Å². The molecular weight excluding hydrogens is 224 g/mol. The highest BCUT2D eigenvalue weighted by atomic mass is 32.1. The van der Waals surface area contributed by atoms with E-state index < -0.39 is 0 Å². The van der Waals surface area contributed by atoms with Gasteiger partial charge in [0, 0.05) is 17.0 Å². The Morgan fingerprint density at radius 2 is 2.06 bits per heavy atom. The Morgan fingerprint density at radius 3 is 2.62 bits per heavy atom. The molecule has 0 saturated heterocycles. The summed E-state index contributed by atoms with van der Waals surface area (Å²) in [6.07, 6.45) is 0. The van der Waals surface area contributed by atoms with Gasteiger partial charge in [-0.15, -0.1) is 11.3 Å². The summed E-state index contributed by atoms with van der Waals surface area (Å²) >= 11 is 1.46. The molecule has 1 unspecified atom stereocenters. The number of aromatic hydroxyl groups is 2. The van der Waals surface area contributed by atoms with Gasteiger partial charge in [0.1, 0.15) is 5.01 Å². The van der Waals surface area contributed by atoms with Crippen LogP contribution in [0.1, 0.15) is 18.7 Å². The molecule has 0 spiro atoms. The maximum absolute atomic E-state index is 9.38. The van der Waals surface area contributed by atoms with Gasteiger partial charge >= 0.3 is 0 Å². The van der Waals surface area contributed by atoms with E-state index in [4.69, 9.17) is 5.73 Å². The van der Waals surface area contributed by atoms with Crippen LogP contribution < -0.4 is 5.73 Å². The lowest BCUT2D eigenvalue weighted by molar-refractivity contribution is 0.404. The largest absolute Gasteiger partial charge is 0.504 e. The van der Waals surface area contributed by atoms with Gasteiger partial charge < -0.3 is 15.9 Å². The first kappa shape index (κ1) is 10.9. The lowest BCUT2D eigenvalue weighted by atomic mass is 10.2. The average molecular weight is 236 g/mol. The standard InChI is InChI=1S/C11H12N2O2S/c1-6(12)8-5-16-11(13-8)7-2-3-9(14)10(15)4-7/h2-6,14-15H,12H2,1H3. The molecule has 4 nitrogen and oxygen atoms in total. The Morgan fingerprint density at radius 1 is 1.31 bits per heavy atom. The van der Waals surface area contributed by atoms with Gasteiger partial charge in [-0.25, -0.2) is 4.98 Å². The van der Waals surface area contributed by atoms with Crippen LogP contribution in [0.25, 0.3) is 10.6 Å². The summed E-state index contributed by atoms with van der Waals surface area (Å²) in [5.74, 6) is -0.275. The Balaban J connectivity index is 2.39. The van der Waals surface area contributed by atoms with E-state index in [2.05, 4.69) is 4.98 Å². The second-order valence-electron chi connectivity index (χ2n) is 3.57. The van der Waals surface area contributed by atoms with Crippen LogP contribution in [0.2, 0.25) is 0 Å². The third kappa shape index (κ3) is 2.00. The maximum atomic E-state index is 9.38. The zero-order chi connectivity index (χ0) is 11.7. The van der Waals surface area contributed by atoms with E-state index in [0.717, 1.165) is 16.3 Å². The van der Waals surface area contributed by atoms with Gasteiger partial charge in [0.2, 0.25) is 0 Å². The van der Waals surface area contributed by atoms with E-state index in [1.165, 1.54) is 23.5 Å². The summed E-state index contributed by atoms with van der Waals surface area (Å²) in [6.45, 7) is 1.87. The van der Waals surface area contributed by atoms with Crippen molar-refractivity contribution in [2.24, 2.45) is 5.73 Å². The number of phenolic OH excluding ortho intramolecular Hbond substituents is 2. The Bertz CT molecular complexity index is 508. The summed E-state index contributed by atoms with van der Waals surface area (Å²) in [6, 6.07) is 4.53. The SMILES string of the molecule is CC(N)c1csc(-c2ccc(O)c(O)c2)n1. The predicted octanol–water partition coefficient (Wildman–Crippen LogP) is 2.24. The number of hydrogen-bond acceptors (Lipinski definition) is 5. The van der Waals surface area contributed by atoms with Crippen LogP contribution in [-0.4, -0.2) is 15.2 Å². The molecule has 2 rings (SSSR count). The number of aromatic nitrogens is 1. The van der Waals surface area contributed by atoms with Crippen LogP contribution in [-0.2, 0) is 0 Å². The fourth-order valence-corrected chi connectivity index (χ4v) is 2.21. The first-order valence-corrected chi connectivity index (χ1v) is 5.69. The molecule has 0 bridgehead atoms. The van der Waals surface area contributed by atoms with E-state index in [-0.39, 0.29) is 17.5 Å². The Labute approximate surface area is 97.0 Å². The third-order valence-electron chi connectivity index (χ3n) is 2.21. The quantitative estimate of drug-likeness (QED) is 0.699. The number of rotatable bonds is 2. The molecule has 0 radical (unpaired) electrons. The van der Waals surface area contributed by atoms with Gasteiger partial charge in [-0.3, -0.25) is 0 Å². The summed E-state index contributed by atoms with van der Waals surface area (Å²) < 4.78 is 0. The molecule has 0 amide bonds. The van der Waals surface area contributed by atoms with Crippen LogP contribution in [0.3, 0.4) is 0 Å². The highest BCUT2D eigenvalue weighted by Crippen LogP contribution is 2.32. The normalized spacial score (nSPS) is 12.6. The van der Waals surface area contributed by atoms with Crippen LogP contribution in [0.15, 0.2) is 23.6 Å². The first-order valence-electron chi connectivity index (χ1n) is 4.81. The molecule has 4 N–H and O–H groups in total. The second kappa shape index (κ2) is 4.11. The summed E-state index contributed by atoms with van der Waals surface area (Å²) in [5.41, 5.74) is 7.31. The van der Waals surface area contributed by atoms with Crippen LogP contribution in [0.5, 0.6) is 11.5 Å². The molecule has 0 aliphatic rings. The number of hydrogen-bond donors (Lipinski definition) is 3. The molecule has 0 saturated carbocycles. The smallest absolute Gasteiger partial charge is 0.158 e. The molecule has 0 aliphatic carbocycles. The molecule has 1 aromatic carbocycles. The predicted molar refractivity (Wildman–Crippen MR) is 63.5 cm³/mol. The minimum absolute atomic E-state index is 0.101. The molecule has 1 heterocycles. The van der Waals surface area contributed by atoms with Crippen LogP contribution >= 0.6 is 11.3 Å². The lowest BCUT2D eigenvalue weighted by Gasteiger charge is -2.00. The van der Waals surface area contributed by atoms with Gasteiger partial charge in [0.25, 0.3) is 0 Å². The van der Waals surface area contributed by atoms with E-state index in [0.29, 0.717) is 0 Å². The van der Waals surface area contributed by atoms with Crippen LogP contribution in [0, 0.1) is 0 Å². The maximum Gasteiger partial charge on any atom is 0.158 e. The van der Waals surface area contributed by atoms with Crippen molar-refractivity contribution in [2.45, 2.75) is 13.0 Å². The minimum atomic E-state index is -0.143. The van der Waals surface area contributed by atoms with Crippen molar-refractivity contribution in [3.63, 3.8) is 0 Å². The van der Waals surface area contributed by atoms with Gasteiger partial charge in [-0.1, -0.05) is 0 Å². The fraction of sp³-hybridized carbons (Fsp3) is 0.182. The topological polar surface area (TPSA) is 79.4 Å². The zero-order valence-corrected chi connectivity index (χ0v) is 9.53. The summed E-state index contributed by atoms with van der Waals surface area (Å²) in [5, 5.41) is 21.2. The molecular formula is C11H12N2O2S. The minimum Gasteiger partial charge on any atom is -0.504 e. The molecule has 1 atom stereocenters. The van der Waals surface area contributed by atoms with Gasteiger partial charge in [-0.2, -0.15) is 0 Å². The van der Waals surface area contributed by atoms with E-state index in [1.54, 1.807) is 6.07 Å². The average Bonchev–Trinajstić information content (AvgIpc) is 2.71. The van der Waals surface area contributed by atoms with Crippen LogP contribution in [0.4, 0.5) is 0 Å². The molecule has 2 aromatic rings. The van der Waals surface area contributed by atoms with Crippen molar-refractivity contribution in [1.82, 2.24) is 4.98 Å². The van der Waals surface area contributed by atoms with Gasteiger partial charge in [0.15, 0.2) is 11.5 Å². The van der Waals surface area contributed by atoms with Crippen molar-refractivity contribution >= 4 is 11.3 Å². The molecule has 0 fully saturated rings. The second-order valence-corrected chi connectivity index (χ2v) is 4.43. The van der Waals surface area contributed by atoms with E-state index in [1.807, 2.05) is 12.3 Å². The van der Waals surface area contributed by atoms with Gasteiger partial charge in [-0.05, 0) is 25.1 Å². The van der Waals surface area contributed by atoms with E-state index in [9.17, 15) is 10.2 Å². The third-order valence-corrected chi connectivity index (χ3v) is 3.12. The fourth-order valence-electron chi connectivity index (χ4n) is 1.28. The molecule has 5 heteroatoms. The summed E-state index contributed by atoms with van der Waals surface area (Å²) in [7, 11) is 0. The number of phenols is 2. The van der Waals surface area contributed by atoms with Gasteiger partial charge in [0.05, 0.1) is 5.69 Å². The zero-order valence-electron chi connectivity index (χ0n) is 8.71. The Hall–Kier alpha value is -1.59. The number of nitrogens with two attached hydrogens (primary N) is 1. The summed E-state index contributed by atoms with van der Waals surface area (Å²) in [4.78, 5) is 4.35. The number of nitrogens with zero attached hydrogens (tertiary/aromatic N) is 1. The number of thiazole rings is 1. The van der Waals surface area contributed by atoms with Crippen molar-refractivity contribution in [3.05, 3.63) is 29.3 Å².